The summed E-state index contributed by atoms with van der Waals surface area (Å²) < 4.78 is 54.2. The van der Waals surface area contributed by atoms with Crippen LogP contribution in [0.2, 0.25) is 0 Å². The normalized spacial score (nSPS) is 12.6. The van der Waals surface area contributed by atoms with Crippen LogP contribution in [0, 0.1) is 0 Å². The third-order valence-corrected chi connectivity index (χ3v) is 3.79. The van der Waals surface area contributed by atoms with E-state index in [-0.39, 0.29) is 6.42 Å². The van der Waals surface area contributed by atoms with Crippen molar-refractivity contribution >= 4 is 20.2 Å². The van der Waals surface area contributed by atoms with E-state index in [9.17, 15) is 16.8 Å². The molecule has 0 aromatic heterocycles. The molecular formula is C9H16O6S2. The van der Waals surface area contributed by atoms with Gasteiger partial charge >= 0.3 is 0 Å². The first-order valence-corrected chi connectivity index (χ1v) is 7.95. The van der Waals surface area contributed by atoms with Crippen molar-refractivity contribution in [1.82, 2.24) is 0 Å². The molecule has 0 fully saturated rings. The lowest BCUT2D eigenvalue weighted by Gasteiger charge is -2.15. The maximum Gasteiger partial charge on any atom is 0.273 e. The van der Waals surface area contributed by atoms with Gasteiger partial charge in [0.15, 0.2) is 6.29 Å². The van der Waals surface area contributed by atoms with Crippen molar-refractivity contribution in [1.29, 1.82) is 0 Å². The SMILES string of the molecule is C=CCS(=O)(=O)OC(CC)OS(=O)(=O)CC=C. The van der Waals surface area contributed by atoms with Crippen LogP contribution >= 0.6 is 0 Å². The molecular weight excluding hydrogens is 268 g/mol. The fourth-order valence-corrected chi connectivity index (χ4v) is 2.64. The molecule has 0 aromatic rings. The van der Waals surface area contributed by atoms with E-state index in [0.717, 1.165) is 12.2 Å². The quantitative estimate of drug-likeness (QED) is 0.353. The zero-order valence-electron chi connectivity index (χ0n) is 9.53. The largest absolute Gasteiger partial charge is 0.273 e. The van der Waals surface area contributed by atoms with Crippen LogP contribution in [0.15, 0.2) is 25.3 Å². The molecule has 100 valence electrons. The third-order valence-electron chi connectivity index (χ3n) is 1.49. The van der Waals surface area contributed by atoms with E-state index in [0.29, 0.717) is 0 Å². The topological polar surface area (TPSA) is 86.7 Å². The van der Waals surface area contributed by atoms with Gasteiger partial charge in [0.2, 0.25) is 0 Å². The lowest BCUT2D eigenvalue weighted by atomic mass is 10.5. The second-order valence-corrected chi connectivity index (χ2v) is 6.34. The summed E-state index contributed by atoms with van der Waals surface area (Å²) >= 11 is 0. The van der Waals surface area contributed by atoms with Gasteiger partial charge in [-0.25, -0.2) is 8.37 Å². The van der Waals surface area contributed by atoms with E-state index >= 15 is 0 Å². The van der Waals surface area contributed by atoms with Gasteiger partial charge in [0, 0.05) is 0 Å². The van der Waals surface area contributed by atoms with Gasteiger partial charge in [-0.05, 0) is 6.42 Å². The van der Waals surface area contributed by atoms with Gasteiger partial charge in [0.05, 0.1) is 11.5 Å². The van der Waals surface area contributed by atoms with Crippen LogP contribution in [-0.4, -0.2) is 34.6 Å². The van der Waals surface area contributed by atoms with E-state index < -0.39 is 38.0 Å². The van der Waals surface area contributed by atoms with Crippen LogP contribution in [0.25, 0.3) is 0 Å². The molecule has 0 heterocycles. The highest BCUT2D eigenvalue weighted by molar-refractivity contribution is 7.87. The second kappa shape index (κ2) is 6.90. The van der Waals surface area contributed by atoms with Gasteiger partial charge in [-0.1, -0.05) is 19.1 Å². The van der Waals surface area contributed by atoms with Crippen LogP contribution in [-0.2, 0) is 28.6 Å². The Labute approximate surface area is 102 Å². The Kier molecular flexibility index (Phi) is 6.61. The third kappa shape index (κ3) is 7.27. The van der Waals surface area contributed by atoms with Crippen LogP contribution in [0.4, 0.5) is 0 Å². The summed E-state index contributed by atoms with van der Waals surface area (Å²) in [5.41, 5.74) is 0. The molecule has 0 N–H and O–H groups in total. The Hall–Kier alpha value is -0.700. The predicted octanol–water partition coefficient (Wildman–Crippen LogP) is 0.787. The summed E-state index contributed by atoms with van der Waals surface area (Å²) in [7, 11) is -7.73. The summed E-state index contributed by atoms with van der Waals surface area (Å²) in [4.78, 5) is 0. The fourth-order valence-electron chi connectivity index (χ4n) is 0.846. The van der Waals surface area contributed by atoms with Crippen molar-refractivity contribution < 1.29 is 25.2 Å². The summed E-state index contributed by atoms with van der Waals surface area (Å²) in [5, 5.41) is 0. The summed E-state index contributed by atoms with van der Waals surface area (Å²) in [6.07, 6.45) is 0.998. The fraction of sp³-hybridized carbons (Fsp3) is 0.556. The van der Waals surface area contributed by atoms with Crippen molar-refractivity contribution in [2.24, 2.45) is 0 Å². The van der Waals surface area contributed by atoms with E-state index in [2.05, 4.69) is 21.5 Å². The van der Waals surface area contributed by atoms with Crippen LogP contribution in [0.5, 0.6) is 0 Å². The lowest BCUT2D eigenvalue weighted by Crippen LogP contribution is -2.26. The maximum absolute atomic E-state index is 11.3. The molecule has 0 aliphatic heterocycles. The van der Waals surface area contributed by atoms with E-state index in [1.54, 1.807) is 0 Å². The highest BCUT2D eigenvalue weighted by atomic mass is 32.2. The summed E-state index contributed by atoms with van der Waals surface area (Å²) in [6, 6.07) is 0. The minimum atomic E-state index is -3.86. The second-order valence-electron chi connectivity index (χ2n) is 3.06. The standard InChI is InChI=1S/C9H16O6S2/c1-4-7-16(10,11)14-9(6-3)15-17(12,13)8-5-2/h4-5,9H,1-2,6-8H2,3H3. The Morgan fingerprint density at radius 1 is 1.00 bits per heavy atom. The van der Waals surface area contributed by atoms with E-state index in [1.807, 2.05) is 0 Å². The van der Waals surface area contributed by atoms with Gasteiger partial charge in [0.25, 0.3) is 20.2 Å². The molecule has 8 heteroatoms. The molecule has 0 aromatic carbocycles. The maximum atomic E-state index is 11.3. The van der Waals surface area contributed by atoms with Crippen molar-refractivity contribution in [2.45, 2.75) is 19.6 Å². The van der Waals surface area contributed by atoms with Gasteiger partial charge in [-0.2, -0.15) is 16.8 Å². The van der Waals surface area contributed by atoms with Crippen molar-refractivity contribution in [3.8, 4) is 0 Å². The number of hydrogen-bond donors (Lipinski definition) is 0. The predicted molar refractivity (Wildman–Crippen MR) is 64.2 cm³/mol. The first kappa shape index (κ1) is 16.3. The molecule has 0 rings (SSSR count). The molecule has 0 bridgehead atoms. The smallest absolute Gasteiger partial charge is 0.237 e. The molecule has 0 aliphatic carbocycles. The molecule has 0 amide bonds. The molecule has 0 saturated carbocycles. The summed E-state index contributed by atoms with van der Waals surface area (Å²) in [6.45, 7) is 8.04. The number of rotatable bonds is 9. The van der Waals surface area contributed by atoms with Crippen LogP contribution in [0.3, 0.4) is 0 Å². The van der Waals surface area contributed by atoms with Gasteiger partial charge in [0.1, 0.15) is 0 Å². The lowest BCUT2D eigenvalue weighted by molar-refractivity contribution is 0.0155. The Bertz CT molecular complexity index is 406. The van der Waals surface area contributed by atoms with Crippen molar-refractivity contribution in [2.75, 3.05) is 11.5 Å². The highest BCUT2D eigenvalue weighted by Crippen LogP contribution is 2.10. The Morgan fingerprint density at radius 2 is 1.35 bits per heavy atom. The Balaban J connectivity index is 4.66. The molecule has 6 nitrogen and oxygen atoms in total. The molecule has 0 spiro atoms. The van der Waals surface area contributed by atoms with Crippen LogP contribution in [0.1, 0.15) is 13.3 Å². The summed E-state index contributed by atoms with van der Waals surface area (Å²) in [5.74, 6) is -0.817. The monoisotopic (exact) mass is 284 g/mol. The molecule has 17 heavy (non-hydrogen) atoms. The minimum Gasteiger partial charge on any atom is -0.237 e. The van der Waals surface area contributed by atoms with Gasteiger partial charge < -0.3 is 0 Å². The van der Waals surface area contributed by atoms with Crippen LogP contribution < -0.4 is 0 Å². The first-order valence-electron chi connectivity index (χ1n) is 4.80. The average molecular weight is 284 g/mol. The number of hydrogen-bond acceptors (Lipinski definition) is 6. The zero-order valence-corrected chi connectivity index (χ0v) is 11.2. The first-order chi connectivity index (χ1) is 7.76. The minimum absolute atomic E-state index is 0.0761. The Morgan fingerprint density at radius 3 is 1.59 bits per heavy atom. The molecule has 0 saturated heterocycles. The van der Waals surface area contributed by atoms with Crippen molar-refractivity contribution in [3.05, 3.63) is 25.3 Å². The average Bonchev–Trinajstić information content (AvgIpc) is 2.15. The van der Waals surface area contributed by atoms with E-state index in [4.69, 9.17) is 0 Å². The molecule has 0 atom stereocenters. The van der Waals surface area contributed by atoms with Gasteiger partial charge in [-0.3, -0.25) is 0 Å². The molecule has 0 unspecified atom stereocenters. The van der Waals surface area contributed by atoms with Crippen molar-refractivity contribution in [3.63, 3.8) is 0 Å². The highest BCUT2D eigenvalue weighted by Gasteiger charge is 2.23. The zero-order chi connectivity index (χ0) is 13.5. The molecule has 0 aliphatic rings. The molecule has 0 radical (unpaired) electrons. The van der Waals surface area contributed by atoms with Gasteiger partial charge in [-0.15, -0.1) is 13.2 Å². The van der Waals surface area contributed by atoms with E-state index in [1.165, 1.54) is 6.92 Å².